The van der Waals surface area contributed by atoms with E-state index in [0.29, 0.717) is 17.8 Å². The second-order valence-corrected chi connectivity index (χ2v) is 11.5. The first-order valence-electron chi connectivity index (χ1n) is 11.9. The van der Waals surface area contributed by atoms with E-state index in [4.69, 9.17) is 4.74 Å². The van der Waals surface area contributed by atoms with Gasteiger partial charge in [0, 0.05) is 16.7 Å². The van der Waals surface area contributed by atoms with E-state index in [1.54, 1.807) is 30.4 Å². The van der Waals surface area contributed by atoms with Gasteiger partial charge in [-0.05, 0) is 80.9 Å². The van der Waals surface area contributed by atoms with E-state index >= 15 is 8.78 Å². The molecule has 2 fully saturated rings. The third-order valence-electron chi connectivity index (χ3n) is 6.87. The van der Waals surface area contributed by atoms with Crippen molar-refractivity contribution in [2.75, 3.05) is 18.1 Å². The minimum atomic E-state index is -1.24. The number of hydrogen-bond acceptors (Lipinski definition) is 3. The second-order valence-electron chi connectivity index (χ2n) is 8.96. The fourth-order valence-electron chi connectivity index (χ4n) is 5.01. The van der Waals surface area contributed by atoms with Crippen molar-refractivity contribution in [3.8, 4) is 16.9 Å². The number of rotatable bonds is 6. The fraction of sp³-hybridized carbons (Fsp3) is 0.481. The lowest BCUT2D eigenvalue weighted by Gasteiger charge is -2.37. The van der Waals surface area contributed by atoms with Crippen LogP contribution in [0.2, 0.25) is 0 Å². The topological polar surface area (TPSA) is 9.23 Å². The molecule has 0 unspecified atom stereocenters. The lowest BCUT2D eigenvalue weighted by molar-refractivity contribution is 0.253. The Labute approximate surface area is 207 Å². The Balaban J connectivity index is 1.45. The second kappa shape index (κ2) is 11.4. The Bertz CT molecular complexity index is 1030. The molecule has 1 nitrogen and oxygen atoms in total. The van der Waals surface area contributed by atoms with Crippen molar-refractivity contribution in [2.45, 2.75) is 44.1 Å². The maximum Gasteiger partial charge on any atom is 0.201 e. The van der Waals surface area contributed by atoms with E-state index in [1.165, 1.54) is 49.9 Å². The van der Waals surface area contributed by atoms with E-state index in [9.17, 15) is 8.78 Å². The summed E-state index contributed by atoms with van der Waals surface area (Å²) in [7, 11) is 0. The normalized spacial score (nSPS) is 25.6. The first-order chi connectivity index (χ1) is 16.4. The number of thioether (sulfide) groups is 2. The van der Waals surface area contributed by atoms with Crippen LogP contribution in [0.4, 0.5) is 17.6 Å². The van der Waals surface area contributed by atoms with Gasteiger partial charge in [-0.1, -0.05) is 24.3 Å². The van der Waals surface area contributed by atoms with Gasteiger partial charge in [-0.2, -0.15) is 4.39 Å². The zero-order valence-electron chi connectivity index (χ0n) is 19.5. The van der Waals surface area contributed by atoms with Gasteiger partial charge in [-0.3, -0.25) is 0 Å². The van der Waals surface area contributed by atoms with Crippen molar-refractivity contribution in [1.29, 1.82) is 0 Å². The molecule has 184 valence electrons. The van der Waals surface area contributed by atoms with E-state index in [0.717, 1.165) is 11.5 Å². The first-order valence-corrected chi connectivity index (χ1v) is 14.0. The van der Waals surface area contributed by atoms with Crippen LogP contribution >= 0.6 is 23.5 Å². The van der Waals surface area contributed by atoms with Crippen molar-refractivity contribution in [3.05, 3.63) is 65.2 Å². The summed E-state index contributed by atoms with van der Waals surface area (Å²) >= 11 is 3.32. The molecule has 0 amide bonds. The Kier molecular flexibility index (Phi) is 8.57. The Morgan fingerprint density at radius 2 is 1.44 bits per heavy atom. The molecule has 34 heavy (non-hydrogen) atoms. The molecule has 0 spiro atoms. The molecule has 0 aromatic heterocycles. The number of halogens is 4. The molecule has 2 aromatic carbocycles. The molecule has 4 rings (SSSR count). The van der Waals surface area contributed by atoms with Gasteiger partial charge in [0.05, 0.1) is 11.2 Å². The maximum atomic E-state index is 15.1. The quantitative estimate of drug-likeness (QED) is 0.284. The van der Waals surface area contributed by atoms with Gasteiger partial charge >= 0.3 is 0 Å². The summed E-state index contributed by atoms with van der Waals surface area (Å²) in [6.45, 7) is 3.89. The van der Waals surface area contributed by atoms with Gasteiger partial charge in [0.1, 0.15) is 0 Å². The maximum absolute atomic E-state index is 15.1. The number of hydrogen-bond donors (Lipinski definition) is 0. The summed E-state index contributed by atoms with van der Waals surface area (Å²) < 4.78 is 63.8. The first kappa shape index (κ1) is 25.5. The molecule has 1 saturated heterocycles. The van der Waals surface area contributed by atoms with Crippen molar-refractivity contribution < 1.29 is 22.3 Å². The lowest BCUT2D eigenvalue weighted by atomic mass is 9.77. The third-order valence-corrected chi connectivity index (χ3v) is 10.0. The zero-order chi connectivity index (χ0) is 24.2. The minimum Gasteiger partial charge on any atom is -0.491 e. The average Bonchev–Trinajstić information content (AvgIpc) is 2.85. The number of benzene rings is 2. The van der Waals surface area contributed by atoms with Crippen LogP contribution in [-0.2, 0) is 0 Å². The summed E-state index contributed by atoms with van der Waals surface area (Å²) in [5.74, 6) is -0.987. The summed E-state index contributed by atoms with van der Waals surface area (Å²) in [6.07, 6.45) is 9.37. The van der Waals surface area contributed by atoms with Crippen LogP contribution < -0.4 is 4.74 Å². The largest absolute Gasteiger partial charge is 0.491 e. The fourth-order valence-corrected chi connectivity index (χ4v) is 8.36. The van der Waals surface area contributed by atoms with Crippen molar-refractivity contribution in [1.82, 2.24) is 0 Å². The van der Waals surface area contributed by atoms with Crippen LogP contribution in [0.15, 0.2) is 36.4 Å². The van der Waals surface area contributed by atoms with Crippen LogP contribution in [0.3, 0.4) is 0 Å². The minimum absolute atomic E-state index is 0.169. The van der Waals surface area contributed by atoms with E-state index in [-0.39, 0.29) is 33.6 Å². The number of allylic oxidation sites excluding steroid dienone is 2. The summed E-state index contributed by atoms with van der Waals surface area (Å²) in [4.78, 5) is 0. The highest BCUT2D eigenvalue weighted by atomic mass is 32.2. The van der Waals surface area contributed by atoms with Crippen LogP contribution in [0.25, 0.3) is 11.1 Å². The smallest absolute Gasteiger partial charge is 0.201 e. The highest BCUT2D eigenvalue weighted by Gasteiger charge is 2.33. The Hall–Kier alpha value is -1.60. The van der Waals surface area contributed by atoms with Crippen LogP contribution in [0.1, 0.15) is 49.7 Å². The molecule has 1 aliphatic heterocycles. The molecule has 0 atom stereocenters. The molecule has 7 heteroatoms. The summed E-state index contributed by atoms with van der Waals surface area (Å²) in [5.41, 5.74) is -0.331. The van der Waals surface area contributed by atoms with E-state index < -0.39 is 23.3 Å². The van der Waals surface area contributed by atoms with Crippen molar-refractivity contribution >= 4 is 23.5 Å². The monoisotopic (exact) mass is 510 g/mol. The molecule has 1 saturated carbocycles. The predicted octanol–water partition coefficient (Wildman–Crippen LogP) is 8.79. The van der Waals surface area contributed by atoms with E-state index in [1.807, 2.05) is 0 Å². The van der Waals surface area contributed by atoms with Gasteiger partial charge in [-0.15, -0.1) is 23.5 Å². The summed E-state index contributed by atoms with van der Waals surface area (Å²) in [5, 5.41) is 0. The highest BCUT2D eigenvalue weighted by molar-refractivity contribution is 8.16. The van der Waals surface area contributed by atoms with Crippen LogP contribution in [0.5, 0.6) is 5.75 Å². The molecule has 0 N–H and O–H groups in total. The molecule has 0 bridgehead atoms. The van der Waals surface area contributed by atoms with Gasteiger partial charge in [0.25, 0.3) is 0 Å². The van der Waals surface area contributed by atoms with Gasteiger partial charge < -0.3 is 4.74 Å². The standard InChI is InChI=1S/C27H30F4OS2/c1-3-5-16-6-8-17(9-7-16)18-14-33-27(34-15-18)21-11-10-19(23(28)25(21)30)20-12-13-22(32-4-2)26(31)24(20)29/h3,5,10-13,16-18,27H,4,6-9,14-15H2,1-2H3. The van der Waals surface area contributed by atoms with Crippen LogP contribution in [-0.4, -0.2) is 18.1 Å². The molecule has 0 radical (unpaired) electrons. The molecule has 2 aromatic rings. The average molecular weight is 511 g/mol. The lowest BCUT2D eigenvalue weighted by Crippen LogP contribution is -2.27. The molecular weight excluding hydrogens is 480 g/mol. The van der Waals surface area contributed by atoms with Crippen molar-refractivity contribution in [2.24, 2.45) is 17.8 Å². The predicted molar refractivity (Wildman–Crippen MR) is 134 cm³/mol. The highest BCUT2D eigenvalue weighted by Crippen LogP contribution is 2.50. The van der Waals surface area contributed by atoms with E-state index in [2.05, 4.69) is 19.1 Å². The van der Waals surface area contributed by atoms with Crippen molar-refractivity contribution in [3.63, 3.8) is 0 Å². The number of ether oxygens (including phenoxy) is 1. The van der Waals surface area contributed by atoms with Gasteiger partial charge in [0.15, 0.2) is 23.2 Å². The molecular formula is C27H30F4OS2. The summed E-state index contributed by atoms with van der Waals surface area (Å²) in [6, 6.07) is 5.32. The van der Waals surface area contributed by atoms with Gasteiger partial charge in [-0.25, -0.2) is 13.2 Å². The molecule has 1 heterocycles. The molecule has 1 aliphatic carbocycles. The SMILES string of the molecule is CC=CC1CCC(C2CSC(c3ccc(-c4ccc(OCC)c(F)c4F)c(F)c3F)SC2)CC1. The molecule has 2 aliphatic rings. The Morgan fingerprint density at radius 3 is 2.06 bits per heavy atom. The van der Waals surface area contributed by atoms with Gasteiger partial charge in [0.2, 0.25) is 5.82 Å². The zero-order valence-corrected chi connectivity index (χ0v) is 21.1. The van der Waals surface area contributed by atoms with Crippen LogP contribution in [0, 0.1) is 41.0 Å². The third kappa shape index (κ3) is 5.30. The Morgan fingerprint density at radius 1 is 0.824 bits per heavy atom.